The van der Waals surface area contributed by atoms with Crippen LogP contribution in [0.5, 0.6) is 0 Å². The molecule has 22 heavy (non-hydrogen) atoms. The summed E-state index contributed by atoms with van der Waals surface area (Å²) in [7, 11) is 0. The average molecular weight is 316 g/mol. The lowest BCUT2D eigenvalue weighted by atomic mass is 10.2. The molecule has 0 radical (unpaired) electrons. The lowest BCUT2D eigenvalue weighted by Gasteiger charge is -2.28. The van der Waals surface area contributed by atoms with Gasteiger partial charge >= 0.3 is 0 Å². The van der Waals surface area contributed by atoms with Crippen molar-refractivity contribution in [1.82, 2.24) is 15.6 Å². The third-order valence-electron chi connectivity index (χ3n) is 3.64. The molecule has 0 unspecified atom stereocenters. The van der Waals surface area contributed by atoms with E-state index in [1.807, 2.05) is 6.92 Å². The fourth-order valence-corrected chi connectivity index (χ4v) is 3.12. The first-order chi connectivity index (χ1) is 10.7. The van der Waals surface area contributed by atoms with Crippen LogP contribution in [0.4, 0.5) is 5.69 Å². The zero-order chi connectivity index (χ0) is 15.4. The van der Waals surface area contributed by atoms with Gasteiger partial charge in [0, 0.05) is 37.2 Å². The van der Waals surface area contributed by atoms with Crippen molar-refractivity contribution in [3.63, 3.8) is 0 Å². The van der Waals surface area contributed by atoms with Gasteiger partial charge in [0.05, 0.1) is 17.2 Å². The number of anilines is 1. The van der Waals surface area contributed by atoms with E-state index in [9.17, 15) is 4.79 Å². The van der Waals surface area contributed by atoms with E-state index in [1.165, 1.54) is 5.56 Å². The second-order valence-electron chi connectivity index (χ2n) is 5.40. The lowest BCUT2D eigenvalue weighted by molar-refractivity contribution is -0.120. The zero-order valence-corrected chi connectivity index (χ0v) is 13.4. The van der Waals surface area contributed by atoms with E-state index < -0.39 is 0 Å². The molecule has 0 spiro atoms. The summed E-state index contributed by atoms with van der Waals surface area (Å²) >= 11 is 1.68. The van der Waals surface area contributed by atoms with Crippen LogP contribution in [0.2, 0.25) is 0 Å². The Labute approximate surface area is 134 Å². The van der Waals surface area contributed by atoms with Gasteiger partial charge in [0.1, 0.15) is 0 Å². The summed E-state index contributed by atoms with van der Waals surface area (Å²) < 4.78 is 0. The molecule has 6 heteroatoms. The number of hydrogen-bond donors (Lipinski definition) is 2. The Morgan fingerprint density at radius 1 is 1.32 bits per heavy atom. The molecule has 1 aromatic heterocycles. The van der Waals surface area contributed by atoms with E-state index in [0.29, 0.717) is 6.54 Å². The van der Waals surface area contributed by atoms with Gasteiger partial charge < -0.3 is 15.5 Å². The number of piperazine rings is 1. The zero-order valence-electron chi connectivity index (χ0n) is 12.6. The second-order valence-corrected chi connectivity index (χ2v) is 6.46. The summed E-state index contributed by atoms with van der Waals surface area (Å²) in [6.07, 6.45) is 0. The number of nitrogens with zero attached hydrogens (tertiary/aromatic N) is 2. The fraction of sp³-hybridized carbons (Fsp3) is 0.375. The topological polar surface area (TPSA) is 57.3 Å². The average Bonchev–Trinajstić information content (AvgIpc) is 2.93. The fourth-order valence-electron chi connectivity index (χ4n) is 2.51. The highest BCUT2D eigenvalue weighted by molar-refractivity contribution is 7.09. The van der Waals surface area contributed by atoms with E-state index in [4.69, 9.17) is 0 Å². The summed E-state index contributed by atoms with van der Waals surface area (Å²) in [6, 6.07) is 8.40. The van der Waals surface area contributed by atoms with Crippen LogP contribution in [0.25, 0.3) is 0 Å². The number of aromatic nitrogens is 1. The largest absolute Gasteiger partial charge is 0.360 e. The Hall–Kier alpha value is -1.92. The number of rotatable bonds is 5. The number of thiazole rings is 1. The number of carbonyl (C=O) groups is 1. The standard InChI is InChI=1S/C16H20N4OS/c1-12-19-14(11-22-12)9-17-8-13-2-4-15(5-3-13)20-7-6-18-16(21)10-20/h2-5,11,17H,6-10H2,1H3,(H,18,21). The summed E-state index contributed by atoms with van der Waals surface area (Å²) in [5.41, 5.74) is 3.43. The van der Waals surface area contributed by atoms with E-state index >= 15 is 0 Å². The van der Waals surface area contributed by atoms with Crippen LogP contribution in [-0.4, -0.2) is 30.5 Å². The highest BCUT2D eigenvalue weighted by atomic mass is 32.1. The molecule has 1 fully saturated rings. The highest BCUT2D eigenvalue weighted by Gasteiger charge is 2.15. The Balaban J connectivity index is 1.51. The monoisotopic (exact) mass is 316 g/mol. The van der Waals surface area contributed by atoms with Crippen LogP contribution in [0.1, 0.15) is 16.3 Å². The van der Waals surface area contributed by atoms with Gasteiger partial charge in [-0.3, -0.25) is 4.79 Å². The van der Waals surface area contributed by atoms with E-state index in [-0.39, 0.29) is 5.91 Å². The number of amides is 1. The van der Waals surface area contributed by atoms with Gasteiger partial charge in [-0.1, -0.05) is 12.1 Å². The van der Waals surface area contributed by atoms with Gasteiger partial charge in [-0.2, -0.15) is 0 Å². The van der Waals surface area contributed by atoms with E-state index in [2.05, 4.69) is 50.2 Å². The number of nitrogens with one attached hydrogen (secondary N) is 2. The van der Waals surface area contributed by atoms with Gasteiger partial charge in [-0.15, -0.1) is 11.3 Å². The summed E-state index contributed by atoms with van der Waals surface area (Å²) in [5, 5.41) is 9.44. The SMILES string of the molecule is Cc1nc(CNCc2ccc(N3CCNC(=O)C3)cc2)cs1. The molecule has 3 rings (SSSR count). The minimum absolute atomic E-state index is 0.0931. The molecular weight excluding hydrogens is 296 g/mol. The minimum Gasteiger partial charge on any atom is -0.360 e. The molecule has 2 aromatic rings. The number of benzene rings is 1. The predicted molar refractivity (Wildman–Crippen MR) is 89.1 cm³/mol. The van der Waals surface area contributed by atoms with Crippen molar-refractivity contribution in [2.24, 2.45) is 0 Å². The molecular formula is C16H20N4OS. The molecule has 0 saturated carbocycles. The molecule has 1 aliphatic heterocycles. The van der Waals surface area contributed by atoms with Gasteiger partial charge in [0.15, 0.2) is 0 Å². The van der Waals surface area contributed by atoms with Crippen molar-refractivity contribution >= 4 is 22.9 Å². The van der Waals surface area contributed by atoms with Crippen molar-refractivity contribution in [1.29, 1.82) is 0 Å². The predicted octanol–water partition coefficient (Wildman–Crippen LogP) is 1.68. The van der Waals surface area contributed by atoms with Crippen molar-refractivity contribution < 1.29 is 4.79 Å². The number of carbonyl (C=O) groups excluding carboxylic acids is 1. The van der Waals surface area contributed by atoms with Crippen LogP contribution in [-0.2, 0) is 17.9 Å². The molecule has 2 heterocycles. The molecule has 1 saturated heterocycles. The Morgan fingerprint density at radius 3 is 2.82 bits per heavy atom. The Kier molecular flexibility index (Phi) is 4.70. The van der Waals surface area contributed by atoms with Crippen LogP contribution >= 0.6 is 11.3 Å². The van der Waals surface area contributed by atoms with Gasteiger partial charge in [0.2, 0.25) is 5.91 Å². The maximum Gasteiger partial charge on any atom is 0.239 e. The molecule has 1 aromatic carbocycles. The van der Waals surface area contributed by atoms with Crippen molar-refractivity contribution in [3.8, 4) is 0 Å². The van der Waals surface area contributed by atoms with Crippen molar-refractivity contribution in [3.05, 3.63) is 45.9 Å². The molecule has 0 aliphatic carbocycles. The van der Waals surface area contributed by atoms with E-state index in [1.54, 1.807) is 11.3 Å². The van der Waals surface area contributed by atoms with Crippen LogP contribution < -0.4 is 15.5 Å². The quantitative estimate of drug-likeness (QED) is 0.881. The van der Waals surface area contributed by atoms with Gasteiger partial charge in [-0.05, 0) is 24.6 Å². The van der Waals surface area contributed by atoms with Crippen molar-refractivity contribution in [2.75, 3.05) is 24.5 Å². The van der Waals surface area contributed by atoms with Crippen LogP contribution in [0.15, 0.2) is 29.6 Å². The van der Waals surface area contributed by atoms with Crippen molar-refractivity contribution in [2.45, 2.75) is 20.0 Å². The first kappa shape index (κ1) is 15.0. The molecule has 0 bridgehead atoms. The summed E-state index contributed by atoms with van der Waals surface area (Å²) in [4.78, 5) is 18.0. The highest BCUT2D eigenvalue weighted by Crippen LogP contribution is 2.16. The minimum atomic E-state index is 0.0931. The second kappa shape index (κ2) is 6.89. The molecule has 1 aliphatic rings. The molecule has 1 amide bonds. The normalized spacial score (nSPS) is 15.0. The first-order valence-electron chi connectivity index (χ1n) is 7.43. The maximum atomic E-state index is 11.4. The molecule has 2 N–H and O–H groups in total. The van der Waals surface area contributed by atoms with Gasteiger partial charge in [-0.25, -0.2) is 4.98 Å². The van der Waals surface area contributed by atoms with Crippen LogP contribution in [0.3, 0.4) is 0 Å². The third kappa shape index (κ3) is 3.84. The van der Waals surface area contributed by atoms with Gasteiger partial charge in [0.25, 0.3) is 0 Å². The third-order valence-corrected chi connectivity index (χ3v) is 4.46. The lowest BCUT2D eigenvalue weighted by Crippen LogP contribution is -2.47. The number of hydrogen-bond acceptors (Lipinski definition) is 5. The van der Waals surface area contributed by atoms with Crippen LogP contribution in [0, 0.1) is 6.92 Å². The Bertz CT molecular complexity index is 638. The molecule has 0 atom stereocenters. The summed E-state index contributed by atoms with van der Waals surface area (Å²) in [5.74, 6) is 0.0931. The maximum absolute atomic E-state index is 11.4. The summed E-state index contributed by atoms with van der Waals surface area (Å²) in [6.45, 7) is 5.66. The Morgan fingerprint density at radius 2 is 2.14 bits per heavy atom. The molecule has 5 nitrogen and oxygen atoms in total. The first-order valence-corrected chi connectivity index (χ1v) is 8.31. The smallest absolute Gasteiger partial charge is 0.239 e. The molecule has 116 valence electrons. The van der Waals surface area contributed by atoms with E-state index in [0.717, 1.165) is 42.6 Å². The number of aryl methyl sites for hydroxylation is 1.